The predicted molar refractivity (Wildman–Crippen MR) is 120 cm³/mol. The van der Waals surface area contributed by atoms with Gasteiger partial charge in [-0.25, -0.2) is 0 Å². The van der Waals surface area contributed by atoms with E-state index in [0.717, 1.165) is 17.0 Å². The average molecular weight is 403 g/mol. The van der Waals surface area contributed by atoms with Crippen LogP contribution in [0.4, 0.5) is 17.1 Å². The molecule has 0 aromatic heterocycles. The second-order valence-corrected chi connectivity index (χ2v) is 6.74. The first-order valence-electron chi connectivity index (χ1n) is 9.74. The van der Waals surface area contributed by atoms with Crippen molar-refractivity contribution in [1.29, 1.82) is 0 Å². The first kappa shape index (κ1) is 20.9. The van der Waals surface area contributed by atoms with Crippen LogP contribution in [-0.4, -0.2) is 25.5 Å². The molecule has 0 bridgehead atoms. The Labute approximate surface area is 176 Å². The van der Waals surface area contributed by atoms with E-state index in [1.807, 2.05) is 48.5 Å². The number of carbonyl (C=O) groups is 2. The number of anilines is 3. The van der Waals surface area contributed by atoms with Crippen molar-refractivity contribution in [2.75, 3.05) is 29.6 Å². The highest BCUT2D eigenvalue weighted by Crippen LogP contribution is 2.17. The molecule has 6 nitrogen and oxygen atoms in total. The minimum atomic E-state index is -0.169. The van der Waals surface area contributed by atoms with Gasteiger partial charge in [0, 0.05) is 23.5 Å². The van der Waals surface area contributed by atoms with E-state index in [2.05, 4.69) is 16.0 Å². The van der Waals surface area contributed by atoms with Gasteiger partial charge in [0.05, 0.1) is 13.7 Å². The van der Waals surface area contributed by atoms with Crippen LogP contribution in [0.25, 0.3) is 0 Å². The second-order valence-electron chi connectivity index (χ2n) is 6.74. The Balaban J connectivity index is 1.46. The lowest BCUT2D eigenvalue weighted by molar-refractivity contribution is -0.116. The molecule has 3 aromatic carbocycles. The molecule has 0 radical (unpaired) electrons. The molecule has 0 atom stereocenters. The fraction of sp³-hybridized carbons (Fsp3) is 0.167. The van der Waals surface area contributed by atoms with Gasteiger partial charge in [-0.05, 0) is 54.4 Å². The summed E-state index contributed by atoms with van der Waals surface area (Å²) in [5.41, 5.74) is 3.27. The number of amides is 2. The van der Waals surface area contributed by atoms with E-state index < -0.39 is 0 Å². The third-order valence-electron chi connectivity index (χ3n) is 4.46. The molecule has 0 aliphatic heterocycles. The maximum Gasteiger partial charge on any atom is 0.243 e. The van der Waals surface area contributed by atoms with Crippen molar-refractivity contribution in [3.05, 3.63) is 84.4 Å². The number of carbonyl (C=O) groups excluding carboxylic acids is 2. The molecule has 0 heterocycles. The average Bonchev–Trinajstić information content (AvgIpc) is 2.78. The normalized spacial score (nSPS) is 10.2. The molecule has 0 aliphatic carbocycles. The smallest absolute Gasteiger partial charge is 0.243 e. The zero-order chi connectivity index (χ0) is 21.2. The van der Waals surface area contributed by atoms with Gasteiger partial charge in [0.2, 0.25) is 11.8 Å². The maximum absolute atomic E-state index is 12.2. The molecule has 0 unspecified atom stereocenters. The number of rotatable bonds is 9. The Hall–Kier alpha value is -3.80. The first-order valence-corrected chi connectivity index (χ1v) is 9.74. The molecule has 3 N–H and O–H groups in total. The summed E-state index contributed by atoms with van der Waals surface area (Å²) in [7, 11) is 1.59. The summed E-state index contributed by atoms with van der Waals surface area (Å²) in [6.45, 7) is 0.109. The number of hydrogen-bond acceptors (Lipinski definition) is 4. The van der Waals surface area contributed by atoms with E-state index in [1.54, 1.807) is 37.4 Å². The maximum atomic E-state index is 12.2. The van der Waals surface area contributed by atoms with E-state index >= 15 is 0 Å². The van der Waals surface area contributed by atoms with Crippen LogP contribution in [0.1, 0.15) is 12.0 Å². The number of nitrogens with one attached hydrogen (secondary N) is 3. The largest absolute Gasteiger partial charge is 0.497 e. The predicted octanol–water partition coefficient (Wildman–Crippen LogP) is 4.32. The standard InChI is InChI=1S/C24H25N3O3/c1-30-22-13-11-19(12-14-22)26-24(29)17-25-20-8-5-9-21(16-20)27-23(28)15-10-18-6-3-2-4-7-18/h2-9,11-14,16,25H,10,15,17H2,1H3,(H,26,29)(H,27,28). The lowest BCUT2D eigenvalue weighted by Crippen LogP contribution is -2.21. The second kappa shape index (κ2) is 10.7. The van der Waals surface area contributed by atoms with Crippen molar-refractivity contribution in [2.24, 2.45) is 0 Å². The molecule has 154 valence electrons. The van der Waals surface area contributed by atoms with E-state index in [1.165, 1.54) is 0 Å². The third kappa shape index (κ3) is 6.67. The minimum absolute atomic E-state index is 0.0479. The van der Waals surface area contributed by atoms with Gasteiger partial charge in [-0.2, -0.15) is 0 Å². The van der Waals surface area contributed by atoms with Crippen LogP contribution in [0.5, 0.6) is 5.75 Å². The SMILES string of the molecule is COc1ccc(NC(=O)CNc2cccc(NC(=O)CCc3ccccc3)c2)cc1. The Morgan fingerprint density at radius 3 is 2.20 bits per heavy atom. The highest BCUT2D eigenvalue weighted by atomic mass is 16.5. The summed E-state index contributed by atoms with van der Waals surface area (Å²) in [5, 5.41) is 8.79. The number of aryl methyl sites for hydroxylation is 1. The summed E-state index contributed by atoms with van der Waals surface area (Å²) in [5.74, 6) is 0.513. The Bertz CT molecular complexity index is 973. The van der Waals surface area contributed by atoms with Crippen LogP contribution in [0, 0.1) is 0 Å². The third-order valence-corrected chi connectivity index (χ3v) is 4.46. The van der Waals surface area contributed by atoms with Crippen LogP contribution < -0.4 is 20.7 Å². The summed E-state index contributed by atoms with van der Waals surface area (Å²) < 4.78 is 5.10. The van der Waals surface area contributed by atoms with Crippen molar-refractivity contribution in [3.8, 4) is 5.75 Å². The lowest BCUT2D eigenvalue weighted by Gasteiger charge is -2.10. The van der Waals surface area contributed by atoms with Gasteiger partial charge in [-0.15, -0.1) is 0 Å². The number of hydrogen-bond donors (Lipinski definition) is 3. The topological polar surface area (TPSA) is 79.5 Å². The van der Waals surface area contributed by atoms with Crippen molar-refractivity contribution >= 4 is 28.9 Å². The van der Waals surface area contributed by atoms with Crippen LogP contribution >= 0.6 is 0 Å². The van der Waals surface area contributed by atoms with Gasteiger partial charge < -0.3 is 20.7 Å². The molecular formula is C24H25N3O3. The van der Waals surface area contributed by atoms with Crippen LogP contribution in [0.2, 0.25) is 0 Å². The summed E-state index contributed by atoms with van der Waals surface area (Å²) in [6, 6.07) is 24.3. The molecule has 2 amide bonds. The monoisotopic (exact) mass is 403 g/mol. The molecule has 0 saturated heterocycles. The van der Waals surface area contributed by atoms with E-state index in [-0.39, 0.29) is 18.4 Å². The van der Waals surface area contributed by atoms with Gasteiger partial charge in [0.15, 0.2) is 0 Å². The van der Waals surface area contributed by atoms with Gasteiger partial charge in [0.1, 0.15) is 5.75 Å². The van der Waals surface area contributed by atoms with E-state index in [9.17, 15) is 9.59 Å². The van der Waals surface area contributed by atoms with Gasteiger partial charge in [-0.3, -0.25) is 9.59 Å². The van der Waals surface area contributed by atoms with Gasteiger partial charge >= 0.3 is 0 Å². The molecular weight excluding hydrogens is 378 g/mol. The van der Waals surface area contributed by atoms with Crippen molar-refractivity contribution in [2.45, 2.75) is 12.8 Å². The number of methoxy groups -OCH3 is 1. The first-order chi connectivity index (χ1) is 14.6. The molecule has 6 heteroatoms. The molecule has 0 fully saturated rings. The molecule has 0 saturated carbocycles. The van der Waals surface area contributed by atoms with Crippen molar-refractivity contribution in [3.63, 3.8) is 0 Å². The zero-order valence-corrected chi connectivity index (χ0v) is 16.9. The minimum Gasteiger partial charge on any atom is -0.497 e. The Morgan fingerprint density at radius 2 is 1.47 bits per heavy atom. The molecule has 30 heavy (non-hydrogen) atoms. The van der Waals surface area contributed by atoms with E-state index in [0.29, 0.717) is 24.2 Å². The Kier molecular flexibility index (Phi) is 7.44. The summed E-state index contributed by atoms with van der Waals surface area (Å²) >= 11 is 0. The molecule has 3 aromatic rings. The fourth-order valence-corrected chi connectivity index (χ4v) is 2.89. The Morgan fingerprint density at radius 1 is 0.767 bits per heavy atom. The van der Waals surface area contributed by atoms with Gasteiger partial charge in [-0.1, -0.05) is 36.4 Å². The van der Waals surface area contributed by atoms with Crippen LogP contribution in [0.3, 0.4) is 0 Å². The lowest BCUT2D eigenvalue weighted by atomic mass is 10.1. The number of benzene rings is 3. The summed E-state index contributed by atoms with van der Waals surface area (Å²) in [4.78, 5) is 24.4. The fourth-order valence-electron chi connectivity index (χ4n) is 2.89. The highest BCUT2D eigenvalue weighted by Gasteiger charge is 2.06. The number of ether oxygens (including phenoxy) is 1. The van der Waals surface area contributed by atoms with Crippen molar-refractivity contribution in [1.82, 2.24) is 0 Å². The quantitative estimate of drug-likeness (QED) is 0.497. The summed E-state index contributed by atoms with van der Waals surface area (Å²) in [6.07, 6.45) is 1.10. The highest BCUT2D eigenvalue weighted by molar-refractivity contribution is 5.94. The van der Waals surface area contributed by atoms with Gasteiger partial charge in [0.25, 0.3) is 0 Å². The van der Waals surface area contributed by atoms with Crippen LogP contribution in [0.15, 0.2) is 78.9 Å². The molecule has 3 rings (SSSR count). The van der Waals surface area contributed by atoms with Crippen molar-refractivity contribution < 1.29 is 14.3 Å². The van der Waals surface area contributed by atoms with E-state index in [4.69, 9.17) is 4.74 Å². The van der Waals surface area contributed by atoms with Crippen LogP contribution in [-0.2, 0) is 16.0 Å². The molecule has 0 aliphatic rings. The molecule has 0 spiro atoms. The zero-order valence-electron chi connectivity index (χ0n) is 16.9.